The van der Waals surface area contributed by atoms with Crippen molar-refractivity contribution >= 4 is 11.9 Å². The average Bonchev–Trinajstić information content (AvgIpc) is 3.05. The van der Waals surface area contributed by atoms with Crippen molar-refractivity contribution in [3.63, 3.8) is 0 Å². The predicted octanol–water partition coefficient (Wildman–Crippen LogP) is 1.31. The first-order chi connectivity index (χ1) is 11.4. The number of furan rings is 1. The lowest BCUT2D eigenvalue weighted by atomic mass is 9.98. The average molecular weight is 335 g/mol. The molecular formula is C17H29N5O2. The molecular weight excluding hydrogens is 306 g/mol. The Morgan fingerprint density at radius 2 is 2.00 bits per heavy atom. The van der Waals surface area contributed by atoms with Gasteiger partial charge < -0.3 is 20.8 Å². The van der Waals surface area contributed by atoms with Gasteiger partial charge >= 0.3 is 0 Å². The number of guanidine groups is 1. The van der Waals surface area contributed by atoms with Crippen LogP contribution in [-0.4, -0.2) is 49.0 Å². The minimum atomic E-state index is -0.563. The molecule has 0 spiro atoms. The second-order valence-electron chi connectivity index (χ2n) is 6.77. The predicted molar refractivity (Wildman–Crippen MR) is 94.9 cm³/mol. The van der Waals surface area contributed by atoms with E-state index in [9.17, 15) is 4.79 Å². The lowest BCUT2D eigenvalue weighted by Crippen LogP contribution is -2.54. The first-order valence-corrected chi connectivity index (χ1v) is 8.50. The molecule has 134 valence electrons. The van der Waals surface area contributed by atoms with Crippen molar-refractivity contribution in [2.75, 3.05) is 26.7 Å². The van der Waals surface area contributed by atoms with Crippen LogP contribution >= 0.6 is 0 Å². The Morgan fingerprint density at radius 3 is 2.58 bits per heavy atom. The van der Waals surface area contributed by atoms with Crippen molar-refractivity contribution in [2.24, 2.45) is 10.7 Å². The monoisotopic (exact) mass is 335 g/mol. The van der Waals surface area contributed by atoms with Crippen LogP contribution in [0.2, 0.25) is 0 Å². The van der Waals surface area contributed by atoms with Crippen molar-refractivity contribution < 1.29 is 9.21 Å². The van der Waals surface area contributed by atoms with E-state index < -0.39 is 5.91 Å². The van der Waals surface area contributed by atoms with E-state index in [0.29, 0.717) is 18.3 Å². The molecule has 0 atom stereocenters. The third-order valence-electron chi connectivity index (χ3n) is 4.46. The van der Waals surface area contributed by atoms with Crippen LogP contribution < -0.4 is 16.4 Å². The molecule has 2 rings (SSSR count). The maximum absolute atomic E-state index is 11.0. The molecule has 4 N–H and O–H groups in total. The fourth-order valence-corrected chi connectivity index (χ4v) is 2.91. The molecule has 2 heterocycles. The zero-order chi connectivity index (χ0) is 17.6. The summed E-state index contributed by atoms with van der Waals surface area (Å²) in [5, 5.41) is 6.56. The van der Waals surface area contributed by atoms with Crippen LogP contribution in [0.15, 0.2) is 21.5 Å². The molecule has 24 heavy (non-hydrogen) atoms. The number of likely N-dealkylation sites (tertiary alicyclic amines) is 1. The molecule has 1 aliphatic heterocycles. The van der Waals surface area contributed by atoms with E-state index in [1.54, 1.807) is 19.2 Å². The van der Waals surface area contributed by atoms with E-state index in [4.69, 9.17) is 10.2 Å². The smallest absolute Gasteiger partial charge is 0.284 e. The number of piperidine rings is 1. The van der Waals surface area contributed by atoms with Crippen LogP contribution in [0, 0.1) is 0 Å². The zero-order valence-corrected chi connectivity index (χ0v) is 14.9. The highest BCUT2D eigenvalue weighted by Crippen LogP contribution is 2.19. The van der Waals surface area contributed by atoms with Crippen molar-refractivity contribution in [3.8, 4) is 0 Å². The molecule has 0 aliphatic carbocycles. The number of rotatable bonds is 6. The molecule has 0 aromatic carbocycles. The maximum Gasteiger partial charge on any atom is 0.284 e. The van der Waals surface area contributed by atoms with Crippen molar-refractivity contribution in [2.45, 2.75) is 45.2 Å². The number of nitrogens with one attached hydrogen (secondary N) is 2. The molecule has 0 bridgehead atoms. The Hall–Kier alpha value is -2.02. The Labute approximate surface area is 143 Å². The van der Waals surface area contributed by atoms with Crippen LogP contribution in [0.3, 0.4) is 0 Å². The summed E-state index contributed by atoms with van der Waals surface area (Å²) >= 11 is 0. The van der Waals surface area contributed by atoms with Gasteiger partial charge in [-0.05, 0) is 51.9 Å². The fraction of sp³-hybridized carbons (Fsp3) is 0.647. The lowest BCUT2D eigenvalue weighted by molar-refractivity contribution is 0.0970. The van der Waals surface area contributed by atoms with Crippen LogP contribution in [0.1, 0.15) is 49.4 Å². The first-order valence-electron chi connectivity index (χ1n) is 8.50. The standard InChI is InChI=1S/C17H29N5O2/c1-17(2,22-9-5-4-6-10-22)12-21-16(19-3)20-11-13-7-8-14(24-13)15(18)23/h7-8H,4-6,9-12H2,1-3H3,(H2,18,23)(H2,19,20,21). The summed E-state index contributed by atoms with van der Waals surface area (Å²) in [5.74, 6) is 0.951. The van der Waals surface area contributed by atoms with Gasteiger partial charge in [-0.3, -0.25) is 14.7 Å². The second kappa shape index (κ2) is 8.19. The van der Waals surface area contributed by atoms with E-state index in [1.165, 1.54) is 19.3 Å². The highest BCUT2D eigenvalue weighted by atomic mass is 16.3. The van der Waals surface area contributed by atoms with Gasteiger partial charge in [0.15, 0.2) is 11.7 Å². The first kappa shape index (κ1) is 18.3. The SMILES string of the molecule is CN=C(NCc1ccc(C(N)=O)o1)NCC(C)(C)N1CCCCC1. The molecule has 1 aromatic rings. The number of hydrogen-bond acceptors (Lipinski definition) is 4. The highest BCUT2D eigenvalue weighted by Gasteiger charge is 2.27. The van der Waals surface area contributed by atoms with Crippen LogP contribution in [0.4, 0.5) is 0 Å². The van der Waals surface area contributed by atoms with Gasteiger partial charge in [0.1, 0.15) is 5.76 Å². The highest BCUT2D eigenvalue weighted by molar-refractivity contribution is 5.89. The fourth-order valence-electron chi connectivity index (χ4n) is 2.91. The second-order valence-corrected chi connectivity index (χ2v) is 6.77. The molecule has 1 aliphatic rings. The summed E-state index contributed by atoms with van der Waals surface area (Å²) < 4.78 is 5.35. The van der Waals surface area contributed by atoms with E-state index in [2.05, 4.69) is 34.4 Å². The van der Waals surface area contributed by atoms with E-state index >= 15 is 0 Å². The van der Waals surface area contributed by atoms with Crippen LogP contribution in [-0.2, 0) is 6.54 Å². The van der Waals surface area contributed by atoms with Gasteiger partial charge in [-0.25, -0.2) is 0 Å². The van der Waals surface area contributed by atoms with E-state index in [0.717, 1.165) is 19.6 Å². The number of hydrogen-bond donors (Lipinski definition) is 3. The van der Waals surface area contributed by atoms with Gasteiger partial charge in [0, 0.05) is 19.1 Å². The Balaban J connectivity index is 1.82. The van der Waals surface area contributed by atoms with Gasteiger partial charge in [-0.15, -0.1) is 0 Å². The molecule has 1 saturated heterocycles. The minimum absolute atomic E-state index is 0.0713. The molecule has 0 saturated carbocycles. The van der Waals surface area contributed by atoms with E-state index in [1.807, 2.05) is 0 Å². The molecule has 7 nitrogen and oxygen atoms in total. The number of primary amides is 1. The Kier molecular flexibility index (Phi) is 6.25. The number of carbonyl (C=O) groups excluding carboxylic acids is 1. The summed E-state index contributed by atoms with van der Waals surface area (Å²) in [6.45, 7) is 8.06. The number of nitrogens with two attached hydrogens (primary N) is 1. The summed E-state index contributed by atoms with van der Waals surface area (Å²) in [4.78, 5) is 17.8. The maximum atomic E-state index is 11.0. The Bertz CT molecular complexity index is 573. The number of amides is 1. The van der Waals surface area contributed by atoms with Crippen LogP contribution in [0.5, 0.6) is 0 Å². The zero-order valence-electron chi connectivity index (χ0n) is 14.9. The molecule has 7 heteroatoms. The third-order valence-corrected chi connectivity index (χ3v) is 4.46. The van der Waals surface area contributed by atoms with Gasteiger partial charge in [0.05, 0.1) is 6.54 Å². The quantitative estimate of drug-likeness (QED) is 0.538. The van der Waals surface area contributed by atoms with Crippen molar-refractivity contribution in [1.82, 2.24) is 15.5 Å². The minimum Gasteiger partial charge on any atom is -0.454 e. The summed E-state index contributed by atoms with van der Waals surface area (Å²) in [5.41, 5.74) is 5.25. The normalized spacial score (nSPS) is 16.9. The van der Waals surface area contributed by atoms with Crippen molar-refractivity contribution in [1.29, 1.82) is 0 Å². The lowest BCUT2D eigenvalue weighted by Gasteiger charge is -2.41. The van der Waals surface area contributed by atoms with Crippen molar-refractivity contribution in [3.05, 3.63) is 23.7 Å². The summed E-state index contributed by atoms with van der Waals surface area (Å²) in [7, 11) is 1.74. The molecule has 1 aromatic heterocycles. The number of aliphatic imine (C=N–C) groups is 1. The molecule has 0 unspecified atom stereocenters. The van der Waals surface area contributed by atoms with Gasteiger partial charge in [-0.2, -0.15) is 0 Å². The number of carbonyl (C=O) groups is 1. The molecule has 1 amide bonds. The van der Waals surface area contributed by atoms with Gasteiger partial charge in [0.2, 0.25) is 0 Å². The van der Waals surface area contributed by atoms with Crippen LogP contribution in [0.25, 0.3) is 0 Å². The largest absolute Gasteiger partial charge is 0.454 e. The summed E-state index contributed by atoms with van der Waals surface area (Å²) in [6.07, 6.45) is 3.88. The third kappa shape index (κ3) is 4.99. The number of nitrogens with zero attached hydrogens (tertiary/aromatic N) is 2. The summed E-state index contributed by atoms with van der Waals surface area (Å²) in [6, 6.07) is 3.31. The van der Waals surface area contributed by atoms with Gasteiger partial charge in [-0.1, -0.05) is 6.42 Å². The molecule has 0 radical (unpaired) electrons. The Morgan fingerprint density at radius 1 is 1.29 bits per heavy atom. The van der Waals surface area contributed by atoms with E-state index in [-0.39, 0.29) is 11.3 Å². The van der Waals surface area contributed by atoms with Gasteiger partial charge in [0.25, 0.3) is 5.91 Å². The topological polar surface area (TPSA) is 95.9 Å². The molecule has 1 fully saturated rings.